The summed E-state index contributed by atoms with van der Waals surface area (Å²) < 4.78 is 11.7. The molecule has 1 aromatic carbocycles. The topological polar surface area (TPSA) is 95.8 Å². The van der Waals surface area contributed by atoms with Crippen molar-refractivity contribution in [2.45, 2.75) is 74.8 Å². The highest BCUT2D eigenvalue weighted by Crippen LogP contribution is 2.43. The molecular weight excluding hydrogens is 577 g/mol. The van der Waals surface area contributed by atoms with Crippen molar-refractivity contribution in [1.82, 2.24) is 10.6 Å². The summed E-state index contributed by atoms with van der Waals surface area (Å²) in [4.78, 5) is 18.7. The number of methoxy groups -OCH3 is 2. The number of hydrogen-bond acceptors (Lipinski definition) is 7. The van der Waals surface area contributed by atoms with E-state index in [4.69, 9.17) is 19.9 Å². The van der Waals surface area contributed by atoms with Crippen LogP contribution in [-0.2, 0) is 11.3 Å². The van der Waals surface area contributed by atoms with Gasteiger partial charge in [0.25, 0.3) is 0 Å². The van der Waals surface area contributed by atoms with Gasteiger partial charge in [-0.3, -0.25) is 9.79 Å². The number of rotatable bonds is 14. The quantitative estimate of drug-likeness (QED) is 0.108. The van der Waals surface area contributed by atoms with Crippen LogP contribution >= 0.6 is 23.5 Å². The fourth-order valence-corrected chi connectivity index (χ4v) is 4.97. The molecular formula is C34H54N4O3S2. The van der Waals surface area contributed by atoms with Gasteiger partial charge in [-0.15, -0.1) is 11.8 Å². The van der Waals surface area contributed by atoms with Gasteiger partial charge in [0.1, 0.15) is 17.3 Å². The molecule has 1 aromatic rings. The van der Waals surface area contributed by atoms with Gasteiger partial charge < -0.3 is 25.5 Å². The van der Waals surface area contributed by atoms with Gasteiger partial charge in [-0.25, -0.2) is 0 Å². The molecule has 0 saturated heterocycles. The molecule has 0 aliphatic heterocycles. The number of aliphatic imine (C=N–C) groups is 1. The summed E-state index contributed by atoms with van der Waals surface area (Å²) in [5.41, 5.74) is 4.01. The second-order valence-electron chi connectivity index (χ2n) is 8.03. The number of ether oxygens (including phenoxy) is 2. The molecule has 9 heteroatoms. The lowest BCUT2D eigenvalue weighted by Crippen LogP contribution is -2.33. The predicted octanol–water partition coefficient (Wildman–Crippen LogP) is 9.06. The van der Waals surface area contributed by atoms with E-state index in [2.05, 4.69) is 23.8 Å². The normalized spacial score (nSPS) is 12.4. The highest BCUT2D eigenvalue weighted by atomic mass is 32.2. The lowest BCUT2D eigenvalue weighted by atomic mass is 10.1. The van der Waals surface area contributed by atoms with Crippen molar-refractivity contribution in [3.63, 3.8) is 0 Å². The molecule has 0 fully saturated rings. The van der Waals surface area contributed by atoms with E-state index in [0.29, 0.717) is 36.3 Å². The first-order chi connectivity index (χ1) is 20.8. The van der Waals surface area contributed by atoms with Crippen LogP contribution in [0.1, 0.15) is 73.8 Å². The Balaban J connectivity index is 0. The average molecular weight is 631 g/mol. The van der Waals surface area contributed by atoms with Crippen LogP contribution in [0.25, 0.3) is 0 Å². The number of allylic oxidation sites excluding steroid dienone is 4. The second kappa shape index (κ2) is 25.3. The third-order valence-corrected chi connectivity index (χ3v) is 7.80. The van der Waals surface area contributed by atoms with Gasteiger partial charge in [0.2, 0.25) is 5.91 Å². The number of carbonyl (C=O) groups is 1. The number of thioether (sulfide) groups is 2. The molecule has 1 aliphatic carbocycles. The average Bonchev–Trinajstić information content (AvgIpc) is 3.38. The van der Waals surface area contributed by atoms with Crippen molar-refractivity contribution >= 4 is 41.5 Å². The summed E-state index contributed by atoms with van der Waals surface area (Å²) in [7, 11) is 3.24. The molecule has 0 atom stereocenters. The van der Waals surface area contributed by atoms with Gasteiger partial charge in [-0.1, -0.05) is 85.0 Å². The van der Waals surface area contributed by atoms with E-state index in [0.717, 1.165) is 37.6 Å². The van der Waals surface area contributed by atoms with Gasteiger partial charge in [-0.2, -0.15) is 0 Å². The van der Waals surface area contributed by atoms with Gasteiger partial charge >= 0.3 is 0 Å². The first-order valence-electron chi connectivity index (χ1n) is 14.8. The van der Waals surface area contributed by atoms with Crippen LogP contribution in [0.4, 0.5) is 0 Å². The van der Waals surface area contributed by atoms with Crippen molar-refractivity contribution in [2.75, 3.05) is 27.0 Å². The summed E-state index contributed by atoms with van der Waals surface area (Å²) >= 11 is 3.07. The molecule has 7 nitrogen and oxygen atoms in total. The summed E-state index contributed by atoms with van der Waals surface area (Å²) in [5, 5.41) is 14.2. The number of carbonyl (C=O) groups excluding carboxylic acids is 1. The lowest BCUT2D eigenvalue weighted by Gasteiger charge is -2.15. The highest BCUT2D eigenvalue weighted by molar-refractivity contribution is 8.23. The minimum absolute atomic E-state index is 0.196. The summed E-state index contributed by atoms with van der Waals surface area (Å²) in [6, 6.07) is 5.64. The van der Waals surface area contributed by atoms with Crippen LogP contribution in [0, 0.1) is 5.41 Å². The SMILES string of the molecule is C=C/C=C(/CNC(=O)C1=C(C=N)C(SC(=C)SC)=C(C)C1)NC(CC)=NCc1ccc(OC)cc1OC.CC.CC.CC. The molecule has 1 amide bonds. The van der Waals surface area contributed by atoms with E-state index >= 15 is 0 Å². The molecule has 3 N–H and O–H groups in total. The first kappa shape index (κ1) is 42.0. The van der Waals surface area contributed by atoms with Crippen LogP contribution in [0.15, 0.2) is 80.1 Å². The fourth-order valence-electron chi connectivity index (χ4n) is 3.62. The number of amides is 1. The Morgan fingerprint density at radius 3 is 2.30 bits per heavy atom. The summed E-state index contributed by atoms with van der Waals surface area (Å²) in [6.07, 6.45) is 7.89. The molecule has 0 unspecified atom stereocenters. The van der Waals surface area contributed by atoms with E-state index in [1.54, 1.807) is 32.1 Å². The Hall–Kier alpha value is -3.17. The predicted molar refractivity (Wildman–Crippen MR) is 193 cm³/mol. The van der Waals surface area contributed by atoms with Gasteiger partial charge in [0.05, 0.1) is 27.3 Å². The van der Waals surface area contributed by atoms with E-state index in [1.807, 2.05) is 85.9 Å². The van der Waals surface area contributed by atoms with Crippen LogP contribution < -0.4 is 20.1 Å². The molecule has 240 valence electrons. The second-order valence-corrected chi connectivity index (χ2v) is 10.3. The molecule has 1 aliphatic rings. The minimum atomic E-state index is -0.196. The first-order valence-corrected chi connectivity index (χ1v) is 16.8. The van der Waals surface area contributed by atoms with Gasteiger partial charge in [0, 0.05) is 56.7 Å². The summed E-state index contributed by atoms with van der Waals surface area (Å²) in [6.45, 7) is 24.5. The molecule has 0 aromatic heterocycles. The van der Waals surface area contributed by atoms with Gasteiger partial charge in [-0.05, 0) is 31.4 Å². The third-order valence-electron chi connectivity index (χ3n) is 5.59. The Morgan fingerprint density at radius 2 is 1.79 bits per heavy atom. The molecule has 0 saturated carbocycles. The van der Waals surface area contributed by atoms with Crippen LogP contribution in [-0.4, -0.2) is 45.0 Å². The maximum absolute atomic E-state index is 13.1. The van der Waals surface area contributed by atoms with Crippen molar-refractivity contribution in [3.8, 4) is 11.5 Å². The maximum atomic E-state index is 13.1. The van der Waals surface area contributed by atoms with Crippen molar-refractivity contribution in [2.24, 2.45) is 4.99 Å². The highest BCUT2D eigenvalue weighted by Gasteiger charge is 2.26. The number of nitrogens with zero attached hydrogens (tertiary/aromatic N) is 1. The zero-order valence-corrected chi connectivity index (χ0v) is 29.8. The van der Waals surface area contributed by atoms with Crippen LogP contribution in [0.3, 0.4) is 0 Å². The zero-order chi connectivity index (χ0) is 33.4. The Bertz CT molecular complexity index is 1170. The Kier molecular flexibility index (Phi) is 24.7. The molecule has 0 radical (unpaired) electrons. The molecule has 0 bridgehead atoms. The molecule has 43 heavy (non-hydrogen) atoms. The lowest BCUT2D eigenvalue weighted by molar-refractivity contribution is -0.117. The smallest absolute Gasteiger partial charge is 0.248 e. The Morgan fingerprint density at radius 1 is 1.14 bits per heavy atom. The van der Waals surface area contributed by atoms with Crippen molar-refractivity contribution in [3.05, 3.63) is 80.6 Å². The third kappa shape index (κ3) is 14.2. The monoisotopic (exact) mass is 630 g/mol. The van der Waals surface area contributed by atoms with E-state index in [9.17, 15) is 4.79 Å². The molecule has 0 heterocycles. The Labute approximate surface area is 270 Å². The fraction of sp³-hybridized carbons (Fsp3) is 0.441. The van der Waals surface area contributed by atoms with Gasteiger partial charge in [0.15, 0.2) is 0 Å². The standard InChI is InChI=1S/C28H36N4O3S2.3C2H6/c1-8-10-21(32-26(9-2)30-16-20-11-12-22(34-5)14-25(20)35-6)17-31-28(33)23-13-18(3)27(24(23)15-29)37-19(4)36-7;3*1-2/h8,10-12,14-15,29H,1,4,9,13,16-17H2,2-3,5-7H3,(H,30,32)(H,31,33);3*1-2H3/b21-10-,29-15?;;;. The van der Waals surface area contributed by atoms with Crippen LogP contribution in [0.2, 0.25) is 0 Å². The number of nitrogens with one attached hydrogen (secondary N) is 3. The van der Waals surface area contributed by atoms with E-state index < -0.39 is 0 Å². The minimum Gasteiger partial charge on any atom is -0.497 e. The number of benzene rings is 1. The largest absolute Gasteiger partial charge is 0.497 e. The van der Waals surface area contributed by atoms with E-state index in [1.165, 1.54) is 18.0 Å². The van der Waals surface area contributed by atoms with Crippen molar-refractivity contribution in [1.29, 1.82) is 5.41 Å². The van der Waals surface area contributed by atoms with E-state index in [-0.39, 0.29) is 12.5 Å². The maximum Gasteiger partial charge on any atom is 0.248 e. The summed E-state index contributed by atoms with van der Waals surface area (Å²) in [5.74, 6) is 2.01. The molecule has 0 spiro atoms. The van der Waals surface area contributed by atoms with Crippen LogP contribution in [0.5, 0.6) is 11.5 Å². The number of amidine groups is 1. The molecule has 2 rings (SSSR count). The van der Waals surface area contributed by atoms with Crippen molar-refractivity contribution < 1.29 is 14.3 Å². The number of hydrogen-bond donors (Lipinski definition) is 3. The zero-order valence-electron chi connectivity index (χ0n) is 28.2.